The zero-order valence-electron chi connectivity index (χ0n) is 39.6. The van der Waals surface area contributed by atoms with Crippen LogP contribution in [0.3, 0.4) is 0 Å². The second kappa shape index (κ2) is 11.9. The molecule has 70 heavy (non-hydrogen) atoms. The van der Waals surface area contributed by atoms with Crippen LogP contribution in [0.2, 0.25) is 20.1 Å². The van der Waals surface area contributed by atoms with Crippen molar-refractivity contribution in [2.45, 2.75) is 55.3 Å². The summed E-state index contributed by atoms with van der Waals surface area (Å²) in [6, 6.07) is 37.7. The Kier molecular flexibility index (Phi) is 6.53. The number of benzene rings is 4. The van der Waals surface area contributed by atoms with Crippen LogP contribution in [-0.2, 0) is 5.41 Å². The minimum absolute atomic E-state index is 0.291. The van der Waals surface area contributed by atoms with Gasteiger partial charge in [0.15, 0.2) is 0 Å². The van der Waals surface area contributed by atoms with Gasteiger partial charge in [-0.3, -0.25) is 0 Å². The van der Waals surface area contributed by atoms with E-state index in [0.29, 0.717) is 11.3 Å². The van der Waals surface area contributed by atoms with Crippen LogP contribution in [0.1, 0.15) is 72.1 Å². The maximum absolute atomic E-state index is 6.74. The smallest absolute Gasteiger partial charge is 0.0406 e. The van der Waals surface area contributed by atoms with Gasteiger partial charge in [-0.2, -0.15) is 0 Å². The minimum Gasteiger partial charge on any atom is -0.0843 e. The summed E-state index contributed by atoms with van der Waals surface area (Å²) in [5.74, 6) is 36.1. The molecule has 0 nitrogen and oxygen atoms in total. The van der Waals surface area contributed by atoms with Crippen LogP contribution in [0, 0.1) is 195 Å². The van der Waals surface area contributed by atoms with E-state index in [-0.39, 0.29) is 0 Å². The third-order valence-electron chi connectivity index (χ3n) is 30.2. The molecule has 0 saturated heterocycles. The zero-order chi connectivity index (χ0) is 44.8. The molecule has 18 fully saturated rings. The Morgan fingerprint density at radius 1 is 0.271 bits per heavy atom. The molecule has 0 spiro atoms. The summed E-state index contributed by atoms with van der Waals surface area (Å²) in [4.78, 5) is 0. The van der Waals surface area contributed by atoms with Gasteiger partial charge in [-0.05, 0) is 316 Å². The lowest BCUT2D eigenvalue weighted by Crippen LogP contribution is -2.93. The first kappa shape index (κ1) is 38.6. The third-order valence-corrected chi connectivity index (χ3v) is 31.2. The molecule has 36 unspecified atom stereocenters. The largest absolute Gasteiger partial charge is 0.0843 e. The van der Waals surface area contributed by atoms with Crippen LogP contribution in [0.5, 0.6) is 0 Å². The molecule has 4 aromatic rings. The fourth-order valence-electron chi connectivity index (χ4n) is 28.9. The molecule has 0 aliphatic heterocycles. The van der Waals surface area contributed by atoms with E-state index in [1.165, 1.54) is 12.8 Å². The second-order valence-electron chi connectivity index (χ2n) is 29.6. The summed E-state index contributed by atoms with van der Waals surface area (Å²) >= 11 is 26.5. The third kappa shape index (κ3) is 3.72. The quantitative estimate of drug-likeness (QED) is 0.162. The van der Waals surface area contributed by atoms with Gasteiger partial charge in [-0.25, -0.2) is 0 Å². The highest BCUT2D eigenvalue weighted by atomic mass is 35.5. The maximum atomic E-state index is 6.74. The molecule has 0 bridgehead atoms. The summed E-state index contributed by atoms with van der Waals surface area (Å²) < 4.78 is 0. The molecular formula is C66H62Cl4. The van der Waals surface area contributed by atoms with Crippen molar-refractivity contribution in [1.29, 1.82) is 0 Å². The highest BCUT2D eigenvalue weighted by molar-refractivity contribution is 6.31. The average molecular weight is 997 g/mol. The fourth-order valence-corrected chi connectivity index (χ4v) is 29.4. The van der Waals surface area contributed by atoms with E-state index < -0.39 is 0 Å². The molecule has 18 aliphatic carbocycles. The highest BCUT2D eigenvalue weighted by Crippen LogP contribution is 2.98. The molecular weight excluding hydrogens is 935 g/mol. The lowest BCUT2D eigenvalue weighted by molar-refractivity contribution is -0.487. The lowest BCUT2D eigenvalue weighted by atomic mass is 9.07. The standard InChI is InChI=1S/C66H62Cl4/c67-26-9-1-22(2-10-26)40-46-32-18-33(32)48(46)49(40)34-19-36-43(34)53-41(23-3-11-27(68)12-4-23)50(51(36)53)35-20-37-44(35)54-52(37)55-56(54)58-57(55)60-59(58)61-62(60)65-63(61)64(24-5-13-28(69)14-6-24)66(65,25-7-15-29(70)16-8-25)39-21-38-42-30-17-31(30)47(42)45(38)39/h1-16,30-65H,17-21H2/t30-,31?,32?,33?,34?,35?,36?,37?,38?,39?,40?,41?,42?,43?,44?,45?,46?,47?,48?,49?,50?,51?,52?,53?,54?,55?,56?,57?,58?,59?,60?,61?,62?,63?,64?,65?,66?/m0/s1. The Bertz CT molecular complexity index is 3060. The monoisotopic (exact) mass is 994 g/mol. The Morgan fingerprint density at radius 2 is 0.614 bits per heavy atom. The number of halogens is 4. The van der Waals surface area contributed by atoms with Gasteiger partial charge in [-0.15, -0.1) is 0 Å². The molecule has 0 aromatic heterocycles. The van der Waals surface area contributed by atoms with Gasteiger partial charge in [0, 0.05) is 25.5 Å². The summed E-state index contributed by atoms with van der Waals surface area (Å²) in [6.07, 6.45) is 7.76. The molecule has 0 radical (unpaired) electrons. The van der Waals surface area contributed by atoms with Gasteiger partial charge in [0.1, 0.15) is 0 Å². The topological polar surface area (TPSA) is 0 Å². The van der Waals surface area contributed by atoms with E-state index in [1.54, 1.807) is 41.5 Å². The Balaban J connectivity index is 0.559. The van der Waals surface area contributed by atoms with Crippen molar-refractivity contribution in [2.24, 2.45) is 195 Å². The van der Waals surface area contributed by atoms with Crippen molar-refractivity contribution in [3.05, 3.63) is 139 Å². The van der Waals surface area contributed by atoms with E-state index in [4.69, 9.17) is 46.4 Å². The minimum atomic E-state index is 0.291. The van der Waals surface area contributed by atoms with Crippen molar-refractivity contribution in [1.82, 2.24) is 0 Å². The molecule has 37 atom stereocenters. The van der Waals surface area contributed by atoms with Crippen molar-refractivity contribution >= 4 is 46.4 Å². The van der Waals surface area contributed by atoms with Gasteiger partial charge < -0.3 is 0 Å². The Labute approximate surface area is 433 Å². The molecule has 4 heteroatoms. The van der Waals surface area contributed by atoms with E-state index in [1.807, 2.05) is 0 Å². The number of hydrogen-bond acceptors (Lipinski definition) is 0. The predicted octanol–water partition coefficient (Wildman–Crippen LogP) is 15.4. The van der Waals surface area contributed by atoms with Gasteiger partial charge in [-0.1, -0.05) is 94.9 Å². The Hall–Kier alpha value is -1.96. The first-order valence-electron chi connectivity index (χ1n) is 29.4. The van der Waals surface area contributed by atoms with Crippen molar-refractivity contribution < 1.29 is 0 Å². The summed E-state index contributed by atoms with van der Waals surface area (Å²) in [6.45, 7) is 0. The first-order valence-corrected chi connectivity index (χ1v) is 31.0. The molecule has 22 rings (SSSR count). The zero-order valence-corrected chi connectivity index (χ0v) is 42.6. The SMILES string of the molecule is Clc1ccc(C2C3C4CC4C3C2C2CC3C2C2C(c4ccc(Cl)cc4)C(C4CC5C4C4C5C5C4C4C5C5C4C4C5C5C4C(c4ccc(Cl)cc4)C5(c4ccc(Cl)cc4)C4CC5C4C4C6C[C@@H]6C54)C32)cc1. The van der Waals surface area contributed by atoms with Crippen LogP contribution in [-0.4, -0.2) is 0 Å². The molecule has 4 aromatic carbocycles. The fraction of sp³-hybridized carbons (Fsp3) is 0.636. The van der Waals surface area contributed by atoms with Crippen molar-refractivity contribution in [2.75, 3.05) is 0 Å². The normalized spacial score (nSPS) is 64.1. The summed E-state index contributed by atoms with van der Waals surface area (Å²) in [5, 5.41) is 3.61. The number of rotatable bonds is 7. The van der Waals surface area contributed by atoms with Crippen LogP contribution in [0.15, 0.2) is 97.1 Å². The van der Waals surface area contributed by atoms with Crippen LogP contribution in [0.4, 0.5) is 0 Å². The van der Waals surface area contributed by atoms with E-state index in [0.717, 1.165) is 227 Å². The van der Waals surface area contributed by atoms with Crippen LogP contribution < -0.4 is 0 Å². The molecule has 0 amide bonds. The molecule has 18 aliphatic rings. The van der Waals surface area contributed by atoms with Crippen LogP contribution in [0.25, 0.3) is 0 Å². The van der Waals surface area contributed by atoms with E-state index in [2.05, 4.69) is 97.1 Å². The van der Waals surface area contributed by atoms with E-state index >= 15 is 0 Å². The van der Waals surface area contributed by atoms with Crippen molar-refractivity contribution in [3.63, 3.8) is 0 Å². The highest BCUT2D eigenvalue weighted by Gasteiger charge is 2.94. The molecule has 0 N–H and O–H groups in total. The lowest BCUT2D eigenvalue weighted by Gasteiger charge is -2.97. The van der Waals surface area contributed by atoms with Gasteiger partial charge in [0.05, 0.1) is 0 Å². The first-order chi connectivity index (χ1) is 34.4. The number of fused-ring (bicyclic) bond motifs is 34. The van der Waals surface area contributed by atoms with E-state index in [9.17, 15) is 0 Å². The predicted molar refractivity (Wildman–Crippen MR) is 274 cm³/mol. The summed E-state index contributed by atoms with van der Waals surface area (Å²) in [7, 11) is 0. The number of hydrogen-bond donors (Lipinski definition) is 0. The maximum Gasteiger partial charge on any atom is 0.0406 e. The molecule has 0 heterocycles. The molecule has 354 valence electrons. The second-order valence-corrected chi connectivity index (χ2v) is 31.4. The van der Waals surface area contributed by atoms with Crippen LogP contribution >= 0.6 is 46.4 Å². The van der Waals surface area contributed by atoms with Gasteiger partial charge in [0.2, 0.25) is 0 Å². The van der Waals surface area contributed by atoms with Crippen molar-refractivity contribution in [3.8, 4) is 0 Å². The molecule has 18 saturated carbocycles. The van der Waals surface area contributed by atoms with Gasteiger partial charge in [0.25, 0.3) is 0 Å². The summed E-state index contributed by atoms with van der Waals surface area (Å²) in [5.41, 5.74) is 6.86. The van der Waals surface area contributed by atoms with Gasteiger partial charge >= 0.3 is 0 Å². The Morgan fingerprint density at radius 3 is 1.21 bits per heavy atom. The average Bonchev–Trinajstić information content (AvgIpc) is 4.23.